The van der Waals surface area contributed by atoms with Crippen LogP contribution in [0.2, 0.25) is 0 Å². The van der Waals surface area contributed by atoms with Crippen molar-refractivity contribution in [3.8, 4) is 11.5 Å². The Morgan fingerprint density at radius 3 is 1.50 bits per heavy atom. The van der Waals surface area contributed by atoms with Crippen LogP contribution >= 0.6 is 23.4 Å². The summed E-state index contributed by atoms with van der Waals surface area (Å²) >= 11 is 10.5. The van der Waals surface area contributed by atoms with E-state index < -0.39 is 46.7 Å². The number of anilines is 2. The normalized spacial score (nSPS) is 15.0. The number of ether oxygens (including phenoxy) is 4. The van der Waals surface area contributed by atoms with Crippen molar-refractivity contribution in [1.29, 1.82) is 0 Å². The van der Waals surface area contributed by atoms with E-state index in [-0.39, 0.29) is 65.2 Å². The zero-order chi connectivity index (χ0) is 42.5. The van der Waals surface area contributed by atoms with Crippen LogP contribution in [0.15, 0.2) is 60.7 Å². The van der Waals surface area contributed by atoms with Crippen LogP contribution in [-0.2, 0) is 19.1 Å². The Balaban J connectivity index is 0.000000227. The Bertz CT molecular complexity index is 2150. The lowest BCUT2D eigenvalue weighted by Gasteiger charge is -2.28. The first-order valence-corrected chi connectivity index (χ1v) is 18.3. The highest BCUT2D eigenvalue weighted by atomic mass is 35.5. The standard InChI is InChI=1S/C20H20F2N2O4.C17H15ClF2N2O2.C3H5ClO2/c1-11-9-12(3-5-14(11)21)23-20(26)13-4-6-15(22)18-16(7-8-28-19(13)18)24-17(25)10-27-2;1-9-8-10(2-4-12(9)19)21-17(23)11-3-5-13(20)15-14(22-18)6-7-24-16(11)15;1-6-2-3(4)5/h3-6,9,16H,7-8,10H2,1-2H3,(H,23,26)(H,24,25);2-5,8,14,22H,6-7H2,1H3,(H,21,23);2H2,1H3/t16-;14-;/m00./s1. The second-order valence-corrected chi connectivity index (χ2v) is 13.4. The van der Waals surface area contributed by atoms with E-state index in [9.17, 15) is 36.7 Å². The predicted octanol–water partition coefficient (Wildman–Crippen LogP) is 7.60. The molecule has 0 saturated heterocycles. The first-order valence-electron chi connectivity index (χ1n) is 17.6. The van der Waals surface area contributed by atoms with Gasteiger partial charge in [0.25, 0.3) is 11.8 Å². The Hall–Kier alpha value is -5.26. The van der Waals surface area contributed by atoms with Gasteiger partial charge < -0.3 is 34.9 Å². The third-order valence-corrected chi connectivity index (χ3v) is 8.98. The summed E-state index contributed by atoms with van der Waals surface area (Å²) in [5.41, 5.74) is 2.34. The van der Waals surface area contributed by atoms with E-state index in [2.05, 4.69) is 25.5 Å². The zero-order valence-electron chi connectivity index (χ0n) is 31.7. The van der Waals surface area contributed by atoms with Crippen molar-refractivity contribution in [2.75, 3.05) is 51.3 Å². The second kappa shape index (κ2) is 21.5. The van der Waals surface area contributed by atoms with Gasteiger partial charge in [0.1, 0.15) is 48.0 Å². The first kappa shape index (κ1) is 45.4. The number of carbonyl (C=O) groups excluding carboxylic acids is 4. The molecule has 4 aromatic rings. The largest absolute Gasteiger partial charge is 0.492 e. The number of nitrogens with one attached hydrogen (secondary N) is 4. The third-order valence-electron chi connectivity index (χ3n) is 8.61. The summed E-state index contributed by atoms with van der Waals surface area (Å²) in [6.07, 6.45) is 0.858. The van der Waals surface area contributed by atoms with Crippen LogP contribution in [0.3, 0.4) is 0 Å². The van der Waals surface area contributed by atoms with Crippen LogP contribution in [0.4, 0.5) is 28.9 Å². The number of rotatable bonds is 10. The molecule has 0 spiro atoms. The summed E-state index contributed by atoms with van der Waals surface area (Å²) in [6, 6.07) is 12.4. The van der Waals surface area contributed by atoms with Gasteiger partial charge in [-0.15, -0.1) is 0 Å². The SMILES string of the molecule is COCC(=O)Cl.COCC(=O)N[C@H]1CCOc2c(C(=O)Nc3ccc(F)c(C)c3)ccc(F)c21.Cc1cc(NC(=O)c2ccc(F)c3c2OCC[C@@H]3NCl)ccc1F. The Morgan fingerprint density at radius 2 is 1.10 bits per heavy atom. The third kappa shape index (κ3) is 11.9. The molecule has 4 N–H and O–H groups in total. The van der Waals surface area contributed by atoms with Crippen LogP contribution in [0.25, 0.3) is 0 Å². The van der Waals surface area contributed by atoms with Crippen molar-refractivity contribution in [3.63, 3.8) is 0 Å². The number of hydrogen-bond donors (Lipinski definition) is 4. The molecule has 0 saturated carbocycles. The Kier molecular flexibility index (Phi) is 16.8. The fourth-order valence-electron chi connectivity index (χ4n) is 5.89. The first-order chi connectivity index (χ1) is 27.7. The number of aryl methyl sites for hydroxylation is 2. The molecule has 12 nitrogen and oxygen atoms in total. The summed E-state index contributed by atoms with van der Waals surface area (Å²) in [5.74, 6) is -2.92. The van der Waals surface area contributed by atoms with Gasteiger partial charge in [0.05, 0.1) is 42.0 Å². The van der Waals surface area contributed by atoms with E-state index in [1.165, 1.54) is 68.8 Å². The van der Waals surface area contributed by atoms with E-state index in [1.54, 1.807) is 13.8 Å². The van der Waals surface area contributed by atoms with Gasteiger partial charge in [-0.2, -0.15) is 0 Å². The fourth-order valence-corrected chi connectivity index (χ4v) is 6.22. The monoisotopic (exact) mass is 850 g/mol. The summed E-state index contributed by atoms with van der Waals surface area (Å²) in [6.45, 7) is 3.56. The smallest absolute Gasteiger partial charge is 0.259 e. The van der Waals surface area contributed by atoms with Gasteiger partial charge >= 0.3 is 0 Å². The van der Waals surface area contributed by atoms with E-state index in [0.29, 0.717) is 42.0 Å². The molecule has 18 heteroatoms. The minimum absolute atomic E-state index is 0.00154. The van der Waals surface area contributed by atoms with Gasteiger partial charge in [-0.05, 0) is 109 Å². The summed E-state index contributed by atoms with van der Waals surface area (Å²) in [5, 5.41) is 7.55. The highest BCUT2D eigenvalue weighted by Crippen LogP contribution is 2.39. The second-order valence-electron chi connectivity index (χ2n) is 12.8. The number of carbonyl (C=O) groups is 4. The molecule has 58 heavy (non-hydrogen) atoms. The van der Waals surface area contributed by atoms with Crippen LogP contribution in [0.5, 0.6) is 11.5 Å². The molecule has 0 aromatic heterocycles. The van der Waals surface area contributed by atoms with Crippen molar-refractivity contribution in [2.45, 2.75) is 38.8 Å². The number of fused-ring (bicyclic) bond motifs is 2. The average molecular weight is 852 g/mol. The molecule has 6 rings (SSSR count). The van der Waals surface area contributed by atoms with Crippen LogP contribution < -0.4 is 30.3 Å². The van der Waals surface area contributed by atoms with Crippen molar-refractivity contribution in [3.05, 3.63) is 117 Å². The lowest BCUT2D eigenvalue weighted by molar-refractivity contribution is -0.125. The van der Waals surface area contributed by atoms with Gasteiger partial charge in [-0.25, -0.2) is 22.4 Å². The topological polar surface area (TPSA) is 153 Å². The molecule has 0 unspecified atom stereocenters. The summed E-state index contributed by atoms with van der Waals surface area (Å²) in [7, 11) is 2.80. The van der Waals surface area contributed by atoms with Crippen LogP contribution in [0, 0.1) is 37.1 Å². The zero-order valence-corrected chi connectivity index (χ0v) is 33.2. The van der Waals surface area contributed by atoms with Gasteiger partial charge in [-0.1, -0.05) is 0 Å². The number of amides is 3. The molecule has 2 heterocycles. The molecular weight excluding hydrogens is 811 g/mol. The number of methoxy groups -OCH3 is 2. The van der Waals surface area contributed by atoms with Gasteiger partial charge in [0.2, 0.25) is 11.1 Å². The van der Waals surface area contributed by atoms with Gasteiger partial charge in [-0.3, -0.25) is 19.2 Å². The molecule has 4 aromatic carbocycles. The van der Waals surface area contributed by atoms with Crippen LogP contribution in [-0.4, -0.2) is 63.6 Å². The fraction of sp³-hybridized carbons (Fsp3) is 0.300. The van der Waals surface area contributed by atoms with Crippen molar-refractivity contribution in [1.82, 2.24) is 10.2 Å². The van der Waals surface area contributed by atoms with Gasteiger partial charge in [0.15, 0.2) is 0 Å². The minimum Gasteiger partial charge on any atom is -0.492 e. The quantitative estimate of drug-likeness (QED) is 0.0718. The molecule has 0 bridgehead atoms. The van der Waals surface area contributed by atoms with Crippen molar-refractivity contribution < 1.29 is 55.7 Å². The maximum Gasteiger partial charge on any atom is 0.259 e. The predicted molar refractivity (Wildman–Crippen MR) is 208 cm³/mol. The van der Waals surface area contributed by atoms with Crippen molar-refractivity contribution >= 4 is 57.7 Å². The number of benzene rings is 4. The minimum atomic E-state index is -0.632. The van der Waals surface area contributed by atoms with E-state index in [4.69, 9.17) is 37.6 Å². The molecule has 2 aliphatic heterocycles. The molecule has 2 aliphatic rings. The molecule has 310 valence electrons. The lowest BCUT2D eigenvalue weighted by atomic mass is 9.96. The molecule has 0 aliphatic carbocycles. The number of hydrogen-bond acceptors (Lipinski definition) is 9. The maximum absolute atomic E-state index is 14.5. The summed E-state index contributed by atoms with van der Waals surface area (Å²) in [4.78, 5) is 49.3. The average Bonchev–Trinajstić information content (AvgIpc) is 3.18. The highest BCUT2D eigenvalue weighted by Gasteiger charge is 2.31. The lowest BCUT2D eigenvalue weighted by Crippen LogP contribution is -2.35. The Morgan fingerprint density at radius 1 is 0.672 bits per heavy atom. The molecule has 3 amide bonds. The molecular formula is C40H40Cl2F4N4O8. The molecule has 0 fully saturated rings. The van der Waals surface area contributed by atoms with E-state index >= 15 is 0 Å². The summed E-state index contributed by atoms with van der Waals surface area (Å²) < 4.78 is 75.5. The molecule has 2 atom stereocenters. The van der Waals surface area contributed by atoms with Crippen molar-refractivity contribution in [2.24, 2.45) is 0 Å². The van der Waals surface area contributed by atoms with E-state index in [1.807, 2.05) is 0 Å². The number of halogens is 6. The Labute approximate surface area is 341 Å². The molecule has 0 radical (unpaired) electrons. The van der Waals surface area contributed by atoms with Crippen LogP contribution in [0.1, 0.15) is 67.9 Å². The van der Waals surface area contributed by atoms with E-state index in [0.717, 1.165) is 6.07 Å². The highest BCUT2D eigenvalue weighted by molar-refractivity contribution is 6.63. The maximum atomic E-state index is 14.5. The van der Waals surface area contributed by atoms with Gasteiger partial charge in [0, 0.05) is 44.0 Å².